The molecular weight excluding hydrogens is 263 g/mol. The molecule has 0 amide bonds. The Morgan fingerprint density at radius 1 is 1.32 bits per heavy atom. The molecule has 1 atom stereocenters. The Hall–Kier alpha value is -1.75. The second-order valence-corrected chi connectivity index (χ2v) is 5.16. The Bertz CT molecular complexity index is 597. The van der Waals surface area contributed by atoms with E-state index in [0.717, 1.165) is 24.1 Å². The molecule has 3 nitrogen and oxygen atoms in total. The quantitative estimate of drug-likeness (QED) is 0.773. The Morgan fingerprint density at radius 3 is 2.95 bits per heavy atom. The van der Waals surface area contributed by atoms with Crippen LogP contribution in [-0.2, 0) is 4.79 Å². The van der Waals surface area contributed by atoms with E-state index in [2.05, 4.69) is 10.6 Å². The summed E-state index contributed by atoms with van der Waals surface area (Å²) in [5, 5.41) is 6.60. The number of carbonyl (C=O) groups excluding carboxylic acids is 1. The fourth-order valence-corrected chi connectivity index (χ4v) is 2.88. The highest BCUT2D eigenvalue weighted by Gasteiger charge is 2.33. The van der Waals surface area contributed by atoms with E-state index >= 15 is 0 Å². The molecule has 2 N–H and O–H groups in total. The number of carbonyl (C=O) groups is 1. The molecule has 1 aliphatic carbocycles. The Balaban J connectivity index is 2.08. The van der Waals surface area contributed by atoms with E-state index in [1.54, 1.807) is 12.1 Å². The van der Waals surface area contributed by atoms with Crippen LogP contribution in [0.1, 0.15) is 30.9 Å². The minimum atomic E-state index is -0.341. The Labute approximate surface area is 115 Å². The molecule has 19 heavy (non-hydrogen) atoms. The van der Waals surface area contributed by atoms with Crippen LogP contribution < -0.4 is 10.6 Å². The van der Waals surface area contributed by atoms with E-state index in [9.17, 15) is 9.18 Å². The average molecular weight is 276 g/mol. The molecule has 1 heterocycles. The van der Waals surface area contributed by atoms with Gasteiger partial charge in [-0.25, -0.2) is 4.39 Å². The first-order valence-electron chi connectivity index (χ1n) is 6.24. The van der Waals surface area contributed by atoms with E-state index in [0.29, 0.717) is 17.1 Å². The van der Waals surface area contributed by atoms with Gasteiger partial charge in [0.05, 0.1) is 6.04 Å². The molecule has 3 rings (SSSR count). The molecule has 0 saturated heterocycles. The molecule has 1 aromatic rings. The number of benzene rings is 1. The van der Waals surface area contributed by atoms with Crippen LogP contribution in [0, 0.1) is 5.82 Å². The number of allylic oxidation sites excluding steroid dienone is 1. The van der Waals surface area contributed by atoms with Crippen molar-refractivity contribution in [2.24, 2.45) is 0 Å². The molecule has 2 aliphatic rings. The van der Waals surface area contributed by atoms with Gasteiger partial charge in [-0.15, -0.1) is 0 Å². The van der Waals surface area contributed by atoms with Gasteiger partial charge in [-0.1, -0.05) is 12.1 Å². The van der Waals surface area contributed by atoms with Crippen LogP contribution in [0.5, 0.6) is 0 Å². The van der Waals surface area contributed by atoms with Crippen molar-refractivity contribution in [1.29, 1.82) is 0 Å². The minimum Gasteiger partial charge on any atom is -0.351 e. The predicted molar refractivity (Wildman–Crippen MR) is 73.9 cm³/mol. The lowest BCUT2D eigenvalue weighted by Crippen LogP contribution is -2.46. The summed E-state index contributed by atoms with van der Waals surface area (Å²) in [6.45, 7) is 0. The molecule has 0 radical (unpaired) electrons. The van der Waals surface area contributed by atoms with Crippen molar-refractivity contribution in [1.82, 2.24) is 10.6 Å². The van der Waals surface area contributed by atoms with E-state index in [1.165, 1.54) is 12.1 Å². The summed E-state index contributed by atoms with van der Waals surface area (Å²) < 4.78 is 13.4. The first-order valence-corrected chi connectivity index (χ1v) is 6.65. The van der Waals surface area contributed by atoms with Gasteiger partial charge in [0.2, 0.25) is 0 Å². The fraction of sp³-hybridized carbons (Fsp3) is 0.286. The van der Waals surface area contributed by atoms with Crippen molar-refractivity contribution in [2.75, 3.05) is 0 Å². The second-order valence-electron chi connectivity index (χ2n) is 4.76. The van der Waals surface area contributed by atoms with Crippen molar-refractivity contribution in [3.63, 3.8) is 0 Å². The summed E-state index contributed by atoms with van der Waals surface area (Å²) in [5.41, 5.74) is 2.31. The normalized spacial score (nSPS) is 22.7. The van der Waals surface area contributed by atoms with Crippen LogP contribution in [-0.4, -0.2) is 10.9 Å². The maximum atomic E-state index is 13.4. The summed E-state index contributed by atoms with van der Waals surface area (Å²) in [7, 11) is 0. The van der Waals surface area contributed by atoms with Gasteiger partial charge < -0.3 is 10.6 Å². The fourth-order valence-electron chi connectivity index (χ4n) is 2.64. The first-order chi connectivity index (χ1) is 9.15. The van der Waals surface area contributed by atoms with Gasteiger partial charge in [0.15, 0.2) is 10.9 Å². The van der Waals surface area contributed by atoms with Gasteiger partial charge >= 0.3 is 0 Å². The van der Waals surface area contributed by atoms with Crippen LogP contribution >= 0.6 is 12.2 Å². The Kier molecular flexibility index (Phi) is 3.06. The van der Waals surface area contributed by atoms with Crippen LogP contribution in [0.15, 0.2) is 35.5 Å². The minimum absolute atomic E-state index is 0.109. The molecule has 1 aromatic carbocycles. The molecule has 0 fully saturated rings. The first kappa shape index (κ1) is 12.3. The Morgan fingerprint density at radius 2 is 2.16 bits per heavy atom. The van der Waals surface area contributed by atoms with Crippen LogP contribution in [0.4, 0.5) is 4.39 Å². The molecular formula is C14H13FN2OS. The molecule has 1 aliphatic heterocycles. The lowest BCUT2D eigenvalue weighted by atomic mass is 9.85. The lowest BCUT2D eigenvalue weighted by molar-refractivity contribution is -0.116. The maximum Gasteiger partial charge on any atom is 0.171 e. The van der Waals surface area contributed by atoms with E-state index < -0.39 is 0 Å². The van der Waals surface area contributed by atoms with E-state index in [-0.39, 0.29) is 17.6 Å². The summed E-state index contributed by atoms with van der Waals surface area (Å²) in [5.74, 6) is -0.202. The van der Waals surface area contributed by atoms with E-state index in [1.807, 2.05) is 0 Å². The topological polar surface area (TPSA) is 41.1 Å². The molecule has 0 saturated carbocycles. The van der Waals surface area contributed by atoms with Crippen molar-refractivity contribution in [2.45, 2.75) is 25.3 Å². The van der Waals surface area contributed by atoms with Crippen LogP contribution in [0.3, 0.4) is 0 Å². The number of thiocarbonyl (C=S) groups is 1. The third-order valence-electron chi connectivity index (χ3n) is 3.47. The van der Waals surface area contributed by atoms with Crippen molar-refractivity contribution >= 4 is 23.1 Å². The van der Waals surface area contributed by atoms with Gasteiger partial charge in [0, 0.05) is 17.7 Å². The standard InChI is InChI=1S/C14H13FN2OS/c15-9-4-1-3-8(7-9)13-12-10(16-14(19)17-13)5-2-6-11(12)18/h1,3-4,7,13H,2,5-6H2,(H2,16,17,19)/t13-/m1/s1. The van der Waals surface area contributed by atoms with E-state index in [4.69, 9.17) is 12.2 Å². The number of ketones is 1. The van der Waals surface area contributed by atoms with Crippen LogP contribution in [0.2, 0.25) is 0 Å². The number of nitrogens with one attached hydrogen (secondary N) is 2. The molecule has 0 spiro atoms. The second kappa shape index (κ2) is 4.74. The maximum absolute atomic E-state index is 13.4. The molecule has 5 heteroatoms. The highest BCUT2D eigenvalue weighted by atomic mass is 32.1. The van der Waals surface area contributed by atoms with Gasteiger partial charge in [-0.05, 0) is 42.8 Å². The zero-order valence-corrected chi connectivity index (χ0v) is 11.0. The summed E-state index contributed by atoms with van der Waals surface area (Å²) in [4.78, 5) is 12.1. The summed E-state index contributed by atoms with van der Waals surface area (Å²) in [6, 6.07) is 5.94. The number of hydrogen-bond acceptors (Lipinski definition) is 2. The number of hydrogen-bond donors (Lipinski definition) is 2. The molecule has 98 valence electrons. The molecule has 0 unspecified atom stereocenters. The predicted octanol–water partition coefficient (Wildman–Crippen LogP) is 2.35. The van der Waals surface area contributed by atoms with Crippen molar-refractivity contribution in [3.8, 4) is 0 Å². The third-order valence-corrected chi connectivity index (χ3v) is 3.69. The van der Waals surface area contributed by atoms with Gasteiger partial charge in [0.25, 0.3) is 0 Å². The highest BCUT2D eigenvalue weighted by molar-refractivity contribution is 7.80. The lowest BCUT2D eigenvalue weighted by Gasteiger charge is -2.33. The smallest absolute Gasteiger partial charge is 0.171 e. The number of rotatable bonds is 1. The molecule has 0 aromatic heterocycles. The van der Waals surface area contributed by atoms with Crippen LogP contribution in [0.25, 0.3) is 0 Å². The van der Waals surface area contributed by atoms with Gasteiger partial charge in [-0.3, -0.25) is 4.79 Å². The van der Waals surface area contributed by atoms with Crippen molar-refractivity contribution in [3.05, 3.63) is 46.9 Å². The molecule has 0 bridgehead atoms. The summed E-state index contributed by atoms with van der Waals surface area (Å²) in [6.07, 6.45) is 2.19. The van der Waals surface area contributed by atoms with Gasteiger partial charge in [-0.2, -0.15) is 0 Å². The van der Waals surface area contributed by atoms with Gasteiger partial charge in [0.1, 0.15) is 5.82 Å². The van der Waals surface area contributed by atoms with Crippen molar-refractivity contribution < 1.29 is 9.18 Å². The third kappa shape index (κ3) is 2.26. The highest BCUT2D eigenvalue weighted by Crippen LogP contribution is 2.33. The largest absolute Gasteiger partial charge is 0.351 e. The zero-order chi connectivity index (χ0) is 13.4. The number of halogens is 1. The SMILES string of the molecule is O=C1CCCC2=C1[C@@H](c1cccc(F)c1)NC(=S)N2. The monoisotopic (exact) mass is 276 g/mol. The number of Topliss-reactive ketones (excluding diaryl/α,β-unsaturated/α-hetero) is 1. The summed E-state index contributed by atoms with van der Waals surface area (Å²) >= 11 is 5.16. The average Bonchev–Trinajstić information content (AvgIpc) is 2.37. The zero-order valence-electron chi connectivity index (χ0n) is 10.2.